The third kappa shape index (κ3) is 9.62. The third-order valence-corrected chi connectivity index (χ3v) is 7.36. The van der Waals surface area contributed by atoms with Crippen LogP contribution in [0.1, 0.15) is 84.4 Å². The van der Waals surface area contributed by atoms with Crippen molar-refractivity contribution < 1.29 is 14.3 Å². The largest absolute Gasteiger partial charge is 0.494 e. The number of unbranched alkanes of at least 4 members (excludes halogenated alkanes) is 4. The maximum absolute atomic E-state index is 12.7. The van der Waals surface area contributed by atoms with Crippen LogP contribution in [0, 0.1) is 0 Å². The van der Waals surface area contributed by atoms with Gasteiger partial charge in [-0.15, -0.1) is 11.8 Å². The lowest BCUT2D eigenvalue weighted by Gasteiger charge is -2.21. The molecule has 0 saturated carbocycles. The van der Waals surface area contributed by atoms with Gasteiger partial charge in [-0.2, -0.15) is 5.10 Å². The number of hydrogen-bond donors (Lipinski definition) is 1. The second-order valence-electron chi connectivity index (χ2n) is 9.87. The van der Waals surface area contributed by atoms with Gasteiger partial charge in [-0.25, -0.2) is 9.48 Å². The second-order valence-corrected chi connectivity index (χ2v) is 11.6. The van der Waals surface area contributed by atoms with Crippen LogP contribution in [0.5, 0.6) is 5.75 Å². The molecule has 0 aliphatic heterocycles. The highest BCUT2D eigenvalue weighted by Gasteiger charge is 2.30. The van der Waals surface area contributed by atoms with Gasteiger partial charge in [-0.05, 0) is 64.8 Å². The summed E-state index contributed by atoms with van der Waals surface area (Å²) in [5.74, 6) is 0.521. The maximum Gasteiger partial charge on any atom is 0.346 e. The van der Waals surface area contributed by atoms with Crippen molar-refractivity contribution in [2.75, 3.05) is 19.8 Å². The van der Waals surface area contributed by atoms with Gasteiger partial charge in [0.05, 0.1) is 19.3 Å². The average Bonchev–Trinajstić information content (AvgIpc) is 2.88. The first-order valence-corrected chi connectivity index (χ1v) is 14.4. The fourth-order valence-electron chi connectivity index (χ4n) is 4.01. The summed E-state index contributed by atoms with van der Waals surface area (Å²) in [7, 11) is 3.06. The fourth-order valence-corrected chi connectivity index (χ4v) is 5.07. The standard InChI is InChI=1S/C28H44N4O5S/c1-7-9-10-11-17-23(24-25(33)31(5)27(35)32(6)30-24)29-18-12-13-19-37-21-15-14-16-22(20-21)38-28(3,4)26(34)36-8-2/h14-16,20,23,29H,7-13,17-19H2,1-6H3. The van der Waals surface area contributed by atoms with Crippen molar-refractivity contribution in [3.05, 3.63) is 50.8 Å². The number of carbonyl (C=O) groups is 1. The molecule has 10 heteroatoms. The van der Waals surface area contributed by atoms with E-state index in [0.717, 1.165) is 60.2 Å². The summed E-state index contributed by atoms with van der Waals surface area (Å²) >= 11 is 1.45. The zero-order valence-electron chi connectivity index (χ0n) is 23.7. The van der Waals surface area contributed by atoms with Gasteiger partial charge < -0.3 is 14.8 Å². The quantitative estimate of drug-likeness (QED) is 0.177. The Labute approximate surface area is 230 Å². The summed E-state index contributed by atoms with van der Waals surface area (Å²) in [6, 6.07) is 7.53. The Hall–Kier alpha value is -2.59. The molecular weight excluding hydrogens is 504 g/mol. The van der Waals surface area contributed by atoms with Gasteiger partial charge in [-0.3, -0.25) is 14.2 Å². The number of esters is 1. The normalized spacial score (nSPS) is 12.4. The lowest BCUT2D eigenvalue weighted by Crippen LogP contribution is -2.43. The molecule has 9 nitrogen and oxygen atoms in total. The van der Waals surface area contributed by atoms with Crippen LogP contribution in [0.2, 0.25) is 0 Å². The van der Waals surface area contributed by atoms with Crippen molar-refractivity contribution >= 4 is 17.7 Å². The number of aromatic nitrogens is 3. The molecule has 1 atom stereocenters. The van der Waals surface area contributed by atoms with Crippen LogP contribution in [0.15, 0.2) is 38.8 Å². The average molecular weight is 549 g/mol. The molecule has 0 amide bonds. The van der Waals surface area contributed by atoms with Crippen LogP contribution >= 0.6 is 11.8 Å². The zero-order chi connectivity index (χ0) is 28.1. The Morgan fingerprint density at radius 1 is 1.11 bits per heavy atom. The fraction of sp³-hybridized carbons (Fsp3) is 0.643. The number of carbonyl (C=O) groups excluding carboxylic acids is 1. The smallest absolute Gasteiger partial charge is 0.346 e. The number of benzene rings is 1. The summed E-state index contributed by atoms with van der Waals surface area (Å²) < 4.78 is 12.8. The Morgan fingerprint density at radius 3 is 2.58 bits per heavy atom. The van der Waals surface area contributed by atoms with E-state index in [1.165, 1.54) is 23.5 Å². The van der Waals surface area contributed by atoms with Gasteiger partial charge in [-0.1, -0.05) is 38.7 Å². The van der Waals surface area contributed by atoms with E-state index in [2.05, 4.69) is 17.3 Å². The van der Waals surface area contributed by atoms with Crippen LogP contribution in [0.4, 0.5) is 0 Å². The molecule has 0 aliphatic rings. The van der Waals surface area contributed by atoms with Crippen molar-refractivity contribution in [2.45, 2.75) is 88.3 Å². The number of aryl methyl sites for hydroxylation is 1. The van der Waals surface area contributed by atoms with Crippen LogP contribution in [0.25, 0.3) is 0 Å². The summed E-state index contributed by atoms with van der Waals surface area (Å²) in [4.78, 5) is 38.0. The number of nitrogens with one attached hydrogen (secondary N) is 1. The molecule has 0 spiro atoms. The molecule has 212 valence electrons. The Bertz CT molecular complexity index is 1140. The minimum Gasteiger partial charge on any atom is -0.494 e. The van der Waals surface area contributed by atoms with E-state index in [1.54, 1.807) is 14.0 Å². The number of rotatable bonds is 17. The number of nitrogens with zero attached hydrogens (tertiary/aromatic N) is 3. The predicted octanol–water partition coefficient (Wildman–Crippen LogP) is 4.37. The zero-order valence-corrected chi connectivity index (χ0v) is 24.6. The first-order chi connectivity index (χ1) is 18.1. The van der Waals surface area contributed by atoms with E-state index >= 15 is 0 Å². The van der Waals surface area contributed by atoms with E-state index in [1.807, 2.05) is 38.1 Å². The summed E-state index contributed by atoms with van der Waals surface area (Å²) in [6.07, 6.45) is 6.88. The van der Waals surface area contributed by atoms with Crippen LogP contribution in [-0.2, 0) is 23.6 Å². The minimum absolute atomic E-state index is 0.199. The van der Waals surface area contributed by atoms with Crippen molar-refractivity contribution in [3.63, 3.8) is 0 Å². The SMILES string of the molecule is CCCCCCC(NCCCCOc1cccc(SC(C)(C)C(=O)OCC)c1)c1nn(C)c(=O)n(C)c1=O. The first kappa shape index (κ1) is 31.6. The van der Waals surface area contributed by atoms with E-state index in [-0.39, 0.29) is 17.6 Å². The predicted molar refractivity (Wildman–Crippen MR) is 152 cm³/mol. The summed E-state index contributed by atoms with van der Waals surface area (Å²) in [5.41, 5.74) is -0.372. The molecule has 2 rings (SSSR count). The van der Waals surface area contributed by atoms with Crippen molar-refractivity contribution in [3.8, 4) is 5.75 Å². The lowest BCUT2D eigenvalue weighted by atomic mass is 10.0. The Balaban J connectivity index is 1.89. The van der Waals surface area contributed by atoms with Gasteiger partial charge in [0.25, 0.3) is 5.56 Å². The molecule has 0 saturated heterocycles. The lowest BCUT2D eigenvalue weighted by molar-refractivity contribution is -0.145. The van der Waals surface area contributed by atoms with E-state index in [4.69, 9.17) is 9.47 Å². The number of ether oxygens (including phenoxy) is 2. The topological polar surface area (TPSA) is 104 Å². The molecule has 0 bridgehead atoms. The molecule has 1 N–H and O–H groups in total. The molecular formula is C28H44N4O5S. The molecule has 38 heavy (non-hydrogen) atoms. The van der Waals surface area contributed by atoms with Crippen LogP contribution < -0.4 is 21.3 Å². The highest BCUT2D eigenvalue weighted by Crippen LogP contribution is 2.35. The Kier molecular flexibility index (Phi) is 13.1. The molecule has 2 aromatic rings. The highest BCUT2D eigenvalue weighted by molar-refractivity contribution is 8.01. The molecule has 0 radical (unpaired) electrons. The van der Waals surface area contributed by atoms with Gasteiger partial charge >= 0.3 is 11.7 Å². The molecule has 0 fully saturated rings. The van der Waals surface area contributed by atoms with Gasteiger partial charge in [0.15, 0.2) is 0 Å². The second kappa shape index (κ2) is 15.7. The summed E-state index contributed by atoms with van der Waals surface area (Å²) in [5, 5.41) is 7.78. The van der Waals surface area contributed by atoms with E-state index < -0.39 is 10.4 Å². The first-order valence-electron chi connectivity index (χ1n) is 13.6. The highest BCUT2D eigenvalue weighted by atomic mass is 32.2. The molecule has 1 aromatic carbocycles. The molecule has 1 aromatic heterocycles. The van der Waals surface area contributed by atoms with Crippen LogP contribution in [0.3, 0.4) is 0 Å². The van der Waals surface area contributed by atoms with Gasteiger partial charge in [0, 0.05) is 19.0 Å². The molecule has 1 unspecified atom stereocenters. The maximum atomic E-state index is 12.7. The van der Waals surface area contributed by atoms with E-state index in [9.17, 15) is 14.4 Å². The number of hydrogen-bond acceptors (Lipinski definition) is 8. The molecule has 1 heterocycles. The monoisotopic (exact) mass is 548 g/mol. The van der Waals surface area contributed by atoms with E-state index in [0.29, 0.717) is 25.5 Å². The van der Waals surface area contributed by atoms with Crippen molar-refractivity contribution in [2.24, 2.45) is 14.1 Å². The third-order valence-electron chi connectivity index (χ3n) is 6.20. The Morgan fingerprint density at radius 2 is 1.87 bits per heavy atom. The molecule has 0 aliphatic carbocycles. The van der Waals surface area contributed by atoms with Crippen molar-refractivity contribution in [1.82, 2.24) is 19.7 Å². The minimum atomic E-state index is -0.686. The van der Waals surface area contributed by atoms with Crippen molar-refractivity contribution in [1.29, 1.82) is 0 Å². The van der Waals surface area contributed by atoms with Crippen LogP contribution in [-0.4, -0.2) is 44.8 Å². The van der Waals surface area contributed by atoms with Gasteiger partial charge in [0.2, 0.25) is 0 Å². The summed E-state index contributed by atoms with van der Waals surface area (Å²) in [6.45, 7) is 9.30. The van der Waals surface area contributed by atoms with Gasteiger partial charge in [0.1, 0.15) is 16.2 Å². The number of thioether (sulfide) groups is 1.